The number of hydrogen-bond donors (Lipinski definition) is 1. The molecule has 1 aliphatic rings. The van der Waals surface area contributed by atoms with Crippen molar-refractivity contribution in [3.8, 4) is 11.4 Å². The van der Waals surface area contributed by atoms with Crippen LogP contribution in [0.3, 0.4) is 0 Å². The van der Waals surface area contributed by atoms with Crippen LogP contribution in [-0.2, 0) is 17.1 Å². The minimum atomic E-state index is -1.82. The van der Waals surface area contributed by atoms with E-state index < -0.39 is 31.3 Å². The molecule has 1 N–H and O–H groups in total. The third kappa shape index (κ3) is 4.98. The van der Waals surface area contributed by atoms with Gasteiger partial charge in [0.15, 0.2) is 5.67 Å². The average molecular weight is 534 g/mol. The third-order valence-corrected chi connectivity index (χ3v) is 8.58. The summed E-state index contributed by atoms with van der Waals surface area (Å²) in [5.41, 5.74) is -0.0758. The molecule has 0 spiro atoms. The number of ether oxygens (including phenoxy) is 1. The Morgan fingerprint density at radius 1 is 1.28 bits per heavy atom. The topological polar surface area (TPSA) is 93.4 Å². The first-order chi connectivity index (χ1) is 16.7. The highest BCUT2D eigenvalue weighted by Crippen LogP contribution is 2.50. The molecule has 3 aromatic heterocycles. The average Bonchev–Trinajstić information content (AvgIpc) is 3.13. The zero-order valence-electron chi connectivity index (χ0n) is 21.5. The van der Waals surface area contributed by atoms with Gasteiger partial charge in [0.05, 0.1) is 29.4 Å². The van der Waals surface area contributed by atoms with E-state index in [1.807, 2.05) is 31.4 Å². The number of rotatable bonds is 7. The summed E-state index contributed by atoms with van der Waals surface area (Å²) in [4.78, 5) is 25.8. The smallest absolute Gasteiger partial charge is 0.407 e. The molecule has 0 radical (unpaired) electrons. The predicted molar refractivity (Wildman–Crippen MR) is 141 cm³/mol. The van der Waals surface area contributed by atoms with Crippen LogP contribution in [0.25, 0.3) is 22.4 Å². The highest BCUT2D eigenvalue weighted by Gasteiger charge is 2.61. The lowest BCUT2D eigenvalue weighted by molar-refractivity contribution is -0.130. The molecular weight excluding hydrogens is 501 g/mol. The number of halogens is 2. The van der Waals surface area contributed by atoms with Crippen LogP contribution in [-0.4, -0.2) is 62.9 Å². The summed E-state index contributed by atoms with van der Waals surface area (Å²) >= 11 is 6.34. The fourth-order valence-corrected chi connectivity index (χ4v) is 5.78. The van der Waals surface area contributed by atoms with Crippen LogP contribution in [0.2, 0.25) is 30.8 Å². The molecule has 4 heterocycles. The van der Waals surface area contributed by atoms with E-state index in [1.54, 1.807) is 12.1 Å². The van der Waals surface area contributed by atoms with Crippen LogP contribution in [0.5, 0.6) is 0 Å². The van der Waals surface area contributed by atoms with Crippen molar-refractivity contribution in [2.75, 3.05) is 13.2 Å². The molecule has 8 nitrogen and oxygen atoms in total. The van der Waals surface area contributed by atoms with Crippen molar-refractivity contribution in [2.45, 2.75) is 64.9 Å². The Morgan fingerprint density at radius 2 is 2.00 bits per heavy atom. The van der Waals surface area contributed by atoms with Crippen LogP contribution in [0.1, 0.15) is 26.3 Å². The molecule has 194 valence electrons. The van der Waals surface area contributed by atoms with Gasteiger partial charge in [0.25, 0.3) is 0 Å². The van der Waals surface area contributed by atoms with Crippen LogP contribution in [0.15, 0.2) is 30.7 Å². The van der Waals surface area contributed by atoms with Gasteiger partial charge in [-0.3, -0.25) is 14.5 Å². The van der Waals surface area contributed by atoms with E-state index in [0.29, 0.717) is 34.1 Å². The SMILES string of the molecule is CC(C)(C)C1N(C(=O)O)CC1(F)c1ccc(-c2cc3c(Cl)ncnc3n2COCC[Si](C)(C)C)nc1. The normalized spacial score (nSPS) is 20.6. The fourth-order valence-electron chi connectivity index (χ4n) is 4.84. The number of alkyl halides is 1. The van der Waals surface area contributed by atoms with Crippen molar-refractivity contribution in [3.63, 3.8) is 0 Å². The Balaban J connectivity index is 1.66. The molecule has 3 aromatic rings. The molecule has 0 saturated carbocycles. The zero-order valence-corrected chi connectivity index (χ0v) is 23.3. The van der Waals surface area contributed by atoms with Gasteiger partial charge in [-0.1, -0.05) is 58.1 Å². The lowest BCUT2D eigenvalue weighted by Crippen LogP contribution is -2.70. The summed E-state index contributed by atoms with van der Waals surface area (Å²) in [5.74, 6) is 0. The number of fused-ring (bicyclic) bond motifs is 1. The maximum atomic E-state index is 16.1. The zero-order chi connectivity index (χ0) is 26.5. The summed E-state index contributed by atoms with van der Waals surface area (Å²) in [6.45, 7) is 13.1. The van der Waals surface area contributed by atoms with Crippen LogP contribution < -0.4 is 0 Å². The highest BCUT2D eigenvalue weighted by molar-refractivity contribution is 6.76. The summed E-state index contributed by atoms with van der Waals surface area (Å²) in [6.07, 6.45) is 1.78. The Hall–Kier alpha value is -2.56. The van der Waals surface area contributed by atoms with E-state index >= 15 is 4.39 Å². The summed E-state index contributed by atoms with van der Waals surface area (Å²) in [7, 11) is -1.24. The minimum absolute atomic E-state index is 0.221. The van der Waals surface area contributed by atoms with Crippen molar-refractivity contribution in [1.29, 1.82) is 0 Å². The summed E-state index contributed by atoms with van der Waals surface area (Å²) in [6, 6.07) is 5.51. The minimum Gasteiger partial charge on any atom is -0.465 e. The van der Waals surface area contributed by atoms with Gasteiger partial charge in [0, 0.05) is 26.4 Å². The van der Waals surface area contributed by atoms with E-state index in [2.05, 4.69) is 34.6 Å². The van der Waals surface area contributed by atoms with E-state index in [9.17, 15) is 9.90 Å². The molecule has 1 saturated heterocycles. The van der Waals surface area contributed by atoms with Gasteiger partial charge in [-0.2, -0.15) is 0 Å². The molecule has 0 aromatic carbocycles. The van der Waals surface area contributed by atoms with Gasteiger partial charge in [-0.15, -0.1) is 0 Å². The first kappa shape index (κ1) is 26.5. The number of likely N-dealkylation sites (tertiary alicyclic amines) is 1. The molecule has 2 atom stereocenters. The summed E-state index contributed by atoms with van der Waals surface area (Å²) in [5, 5.41) is 10.5. The van der Waals surface area contributed by atoms with Gasteiger partial charge >= 0.3 is 6.09 Å². The van der Waals surface area contributed by atoms with Crippen molar-refractivity contribution >= 4 is 36.8 Å². The number of aromatic nitrogens is 4. The highest BCUT2D eigenvalue weighted by atomic mass is 35.5. The molecule has 1 amide bonds. The maximum Gasteiger partial charge on any atom is 0.407 e. The molecule has 1 fully saturated rings. The Bertz CT molecular complexity index is 1270. The largest absolute Gasteiger partial charge is 0.465 e. The molecule has 36 heavy (non-hydrogen) atoms. The Morgan fingerprint density at radius 3 is 2.58 bits per heavy atom. The van der Waals surface area contributed by atoms with Gasteiger partial charge in [-0.25, -0.2) is 19.2 Å². The molecule has 0 bridgehead atoms. The first-order valence-electron chi connectivity index (χ1n) is 12.0. The standard InChI is InChI=1S/C25H33ClFN5O3Si/c1-24(2,3)22-25(27,13-31(22)23(33)34)16-7-8-18(28-12-16)19-11-17-20(26)29-14-30-21(17)32(19)15-35-9-10-36(4,5)6/h7-8,11-12,14,22H,9-10,13,15H2,1-6H3,(H,33,34). The van der Waals surface area contributed by atoms with Gasteiger partial charge in [0.1, 0.15) is 23.9 Å². The van der Waals surface area contributed by atoms with Crippen LogP contribution in [0, 0.1) is 5.41 Å². The van der Waals surface area contributed by atoms with E-state index in [0.717, 1.165) is 16.6 Å². The van der Waals surface area contributed by atoms with Crippen molar-refractivity contribution in [2.24, 2.45) is 5.41 Å². The molecule has 11 heteroatoms. The second kappa shape index (κ2) is 9.39. The van der Waals surface area contributed by atoms with Crippen LogP contribution >= 0.6 is 11.6 Å². The number of nitrogens with zero attached hydrogens (tertiary/aromatic N) is 5. The molecule has 0 aliphatic carbocycles. The Labute approximate surface area is 216 Å². The number of hydrogen-bond acceptors (Lipinski definition) is 5. The summed E-state index contributed by atoms with van der Waals surface area (Å²) < 4.78 is 24.0. The molecule has 4 rings (SSSR count). The van der Waals surface area contributed by atoms with Crippen molar-refractivity contribution in [1.82, 2.24) is 24.4 Å². The number of amides is 1. The van der Waals surface area contributed by atoms with Gasteiger partial charge in [-0.05, 0) is 23.6 Å². The predicted octanol–water partition coefficient (Wildman–Crippen LogP) is 6.03. The van der Waals surface area contributed by atoms with Crippen molar-refractivity contribution < 1.29 is 19.0 Å². The quantitative estimate of drug-likeness (QED) is 0.226. The monoisotopic (exact) mass is 533 g/mol. The van der Waals surface area contributed by atoms with E-state index in [4.69, 9.17) is 16.3 Å². The van der Waals surface area contributed by atoms with Crippen LogP contribution in [0.4, 0.5) is 9.18 Å². The first-order valence-corrected chi connectivity index (χ1v) is 16.0. The van der Waals surface area contributed by atoms with E-state index in [1.165, 1.54) is 12.5 Å². The second-order valence-corrected chi connectivity index (χ2v) is 17.7. The molecular formula is C25H33ClFN5O3Si. The Kier molecular flexibility index (Phi) is 6.91. The number of pyridine rings is 1. The van der Waals surface area contributed by atoms with E-state index in [-0.39, 0.29) is 13.3 Å². The lowest BCUT2D eigenvalue weighted by atomic mass is 9.68. The van der Waals surface area contributed by atoms with Gasteiger partial charge in [0.2, 0.25) is 0 Å². The second-order valence-electron chi connectivity index (χ2n) is 11.7. The maximum absolute atomic E-state index is 16.1. The fraction of sp³-hybridized carbons (Fsp3) is 0.520. The number of carboxylic acid groups (broad SMARTS) is 1. The third-order valence-electron chi connectivity index (χ3n) is 6.58. The van der Waals surface area contributed by atoms with Crippen molar-refractivity contribution in [3.05, 3.63) is 41.4 Å². The number of carbonyl (C=O) groups is 1. The molecule has 2 unspecified atom stereocenters. The van der Waals surface area contributed by atoms with Gasteiger partial charge < -0.3 is 9.84 Å². The lowest BCUT2D eigenvalue weighted by Gasteiger charge is -2.56. The molecule has 1 aliphatic heterocycles.